The minimum atomic E-state index is 0.626. The SMILES string of the molecule is CCCOc1ccc(Br)cc1CN1CCN(CCC#N)CC1. The van der Waals surface area contributed by atoms with Gasteiger partial charge < -0.3 is 4.74 Å². The molecule has 0 saturated carbocycles. The summed E-state index contributed by atoms with van der Waals surface area (Å²) in [5.74, 6) is 0.997. The molecular weight excluding hydrogens is 342 g/mol. The average Bonchev–Trinajstić information content (AvgIpc) is 2.53. The molecule has 0 aromatic heterocycles. The number of nitriles is 1. The van der Waals surface area contributed by atoms with E-state index in [9.17, 15) is 0 Å². The van der Waals surface area contributed by atoms with Crippen LogP contribution in [-0.4, -0.2) is 49.1 Å². The zero-order chi connectivity index (χ0) is 15.8. The Kier molecular flexibility index (Phi) is 7.17. The third-order valence-corrected chi connectivity index (χ3v) is 4.38. The second-order valence-corrected chi connectivity index (χ2v) is 6.54. The molecule has 0 unspecified atom stereocenters. The van der Waals surface area contributed by atoms with Crippen LogP contribution >= 0.6 is 15.9 Å². The summed E-state index contributed by atoms with van der Waals surface area (Å²) < 4.78 is 6.96. The van der Waals surface area contributed by atoms with Gasteiger partial charge in [-0.15, -0.1) is 0 Å². The van der Waals surface area contributed by atoms with E-state index in [-0.39, 0.29) is 0 Å². The Morgan fingerprint density at radius 3 is 2.64 bits per heavy atom. The van der Waals surface area contributed by atoms with E-state index in [0.29, 0.717) is 6.42 Å². The molecule has 22 heavy (non-hydrogen) atoms. The molecule has 1 aliphatic rings. The van der Waals surface area contributed by atoms with E-state index >= 15 is 0 Å². The zero-order valence-electron chi connectivity index (χ0n) is 13.2. The van der Waals surface area contributed by atoms with Crippen molar-refractivity contribution in [1.29, 1.82) is 5.26 Å². The molecular formula is C17H24BrN3O. The Morgan fingerprint density at radius 1 is 1.23 bits per heavy atom. The molecule has 0 bridgehead atoms. The topological polar surface area (TPSA) is 39.5 Å². The lowest BCUT2D eigenvalue weighted by molar-refractivity contribution is 0.128. The molecule has 1 aliphatic heterocycles. The maximum absolute atomic E-state index is 8.67. The van der Waals surface area contributed by atoms with Crippen LogP contribution in [0.1, 0.15) is 25.3 Å². The van der Waals surface area contributed by atoms with Gasteiger partial charge in [-0.25, -0.2) is 0 Å². The third kappa shape index (κ3) is 5.28. The maximum Gasteiger partial charge on any atom is 0.123 e. The summed E-state index contributed by atoms with van der Waals surface area (Å²) in [6, 6.07) is 8.47. The van der Waals surface area contributed by atoms with Gasteiger partial charge in [0.2, 0.25) is 0 Å². The Bertz CT molecular complexity index is 507. The van der Waals surface area contributed by atoms with Gasteiger partial charge in [0.15, 0.2) is 0 Å². The van der Waals surface area contributed by atoms with Crippen LogP contribution in [0, 0.1) is 11.3 Å². The van der Waals surface area contributed by atoms with E-state index in [2.05, 4.69) is 50.9 Å². The number of rotatable bonds is 7. The van der Waals surface area contributed by atoms with Crippen molar-refractivity contribution in [2.24, 2.45) is 0 Å². The summed E-state index contributed by atoms with van der Waals surface area (Å²) in [6.45, 7) is 8.88. The standard InChI is InChI=1S/C17H24BrN3O/c1-2-12-22-17-5-4-16(18)13-15(17)14-21-10-8-20(9-11-21)7-3-6-19/h4-5,13H,2-3,7-12,14H2,1H3. The molecule has 0 spiro atoms. The van der Waals surface area contributed by atoms with Gasteiger partial charge in [-0.1, -0.05) is 22.9 Å². The Hall–Kier alpha value is -1.09. The fourth-order valence-corrected chi connectivity index (χ4v) is 3.05. The number of hydrogen-bond donors (Lipinski definition) is 0. The smallest absolute Gasteiger partial charge is 0.123 e. The van der Waals surface area contributed by atoms with E-state index in [1.54, 1.807) is 0 Å². The van der Waals surface area contributed by atoms with Crippen molar-refractivity contribution in [3.63, 3.8) is 0 Å². The van der Waals surface area contributed by atoms with Crippen molar-refractivity contribution in [3.8, 4) is 11.8 Å². The summed E-state index contributed by atoms with van der Waals surface area (Å²) in [5.41, 5.74) is 1.24. The monoisotopic (exact) mass is 365 g/mol. The van der Waals surface area contributed by atoms with Gasteiger partial charge >= 0.3 is 0 Å². The number of ether oxygens (including phenoxy) is 1. The number of nitrogens with zero attached hydrogens (tertiary/aromatic N) is 3. The van der Waals surface area contributed by atoms with Crippen molar-refractivity contribution in [3.05, 3.63) is 28.2 Å². The quantitative estimate of drug-likeness (QED) is 0.743. The highest BCUT2D eigenvalue weighted by Gasteiger charge is 2.18. The molecule has 120 valence electrons. The maximum atomic E-state index is 8.67. The molecule has 5 heteroatoms. The third-order valence-electron chi connectivity index (χ3n) is 3.88. The normalized spacial score (nSPS) is 16.4. The summed E-state index contributed by atoms with van der Waals surface area (Å²) in [5, 5.41) is 8.67. The van der Waals surface area contributed by atoms with E-state index in [0.717, 1.165) is 62.5 Å². The first-order valence-corrected chi connectivity index (χ1v) is 8.75. The first-order valence-electron chi connectivity index (χ1n) is 7.96. The number of halogens is 1. The second kappa shape index (κ2) is 9.14. The largest absolute Gasteiger partial charge is 0.493 e. The molecule has 2 rings (SSSR count). The molecule has 0 N–H and O–H groups in total. The van der Waals surface area contributed by atoms with Crippen LogP contribution in [0.25, 0.3) is 0 Å². The minimum Gasteiger partial charge on any atom is -0.493 e. The number of benzene rings is 1. The first kappa shape index (κ1) is 17.3. The second-order valence-electron chi connectivity index (χ2n) is 5.63. The van der Waals surface area contributed by atoms with E-state index in [1.807, 2.05) is 6.07 Å². The molecule has 0 aliphatic carbocycles. The summed E-state index contributed by atoms with van der Waals surface area (Å²) in [4.78, 5) is 4.83. The summed E-state index contributed by atoms with van der Waals surface area (Å²) in [7, 11) is 0. The number of hydrogen-bond acceptors (Lipinski definition) is 4. The molecule has 0 atom stereocenters. The molecule has 1 fully saturated rings. The van der Waals surface area contributed by atoms with Crippen LogP contribution in [-0.2, 0) is 6.54 Å². The van der Waals surface area contributed by atoms with Gasteiger partial charge in [0.25, 0.3) is 0 Å². The molecule has 1 heterocycles. The fourth-order valence-electron chi connectivity index (χ4n) is 2.64. The number of piperazine rings is 1. The van der Waals surface area contributed by atoms with Gasteiger partial charge in [0.05, 0.1) is 12.7 Å². The van der Waals surface area contributed by atoms with E-state index in [1.165, 1.54) is 5.56 Å². The van der Waals surface area contributed by atoms with E-state index in [4.69, 9.17) is 10.00 Å². The predicted octanol–water partition coefficient (Wildman–Crippen LogP) is 3.27. The van der Waals surface area contributed by atoms with Gasteiger partial charge in [0.1, 0.15) is 5.75 Å². The Morgan fingerprint density at radius 2 is 1.95 bits per heavy atom. The van der Waals surface area contributed by atoms with Crippen molar-refractivity contribution >= 4 is 15.9 Å². The van der Waals surface area contributed by atoms with Crippen LogP contribution in [0.4, 0.5) is 0 Å². The fraction of sp³-hybridized carbons (Fsp3) is 0.588. The molecule has 1 aromatic rings. The van der Waals surface area contributed by atoms with Crippen molar-refractivity contribution in [2.45, 2.75) is 26.3 Å². The lowest BCUT2D eigenvalue weighted by atomic mass is 10.1. The minimum absolute atomic E-state index is 0.626. The van der Waals surface area contributed by atoms with Crippen molar-refractivity contribution in [2.75, 3.05) is 39.3 Å². The Balaban J connectivity index is 1.91. The van der Waals surface area contributed by atoms with Gasteiger partial charge in [-0.05, 0) is 24.6 Å². The summed E-state index contributed by atoms with van der Waals surface area (Å²) >= 11 is 3.55. The van der Waals surface area contributed by atoms with Crippen LogP contribution in [0.3, 0.4) is 0 Å². The van der Waals surface area contributed by atoms with Crippen molar-refractivity contribution < 1.29 is 4.74 Å². The first-order chi connectivity index (χ1) is 10.7. The zero-order valence-corrected chi connectivity index (χ0v) is 14.8. The van der Waals surface area contributed by atoms with Crippen LogP contribution in [0.2, 0.25) is 0 Å². The van der Waals surface area contributed by atoms with Crippen LogP contribution < -0.4 is 4.74 Å². The lowest BCUT2D eigenvalue weighted by Gasteiger charge is -2.34. The van der Waals surface area contributed by atoms with Crippen molar-refractivity contribution in [1.82, 2.24) is 9.80 Å². The van der Waals surface area contributed by atoms with Gasteiger partial charge in [-0.3, -0.25) is 9.80 Å². The molecule has 0 radical (unpaired) electrons. The Labute approximate surface area is 141 Å². The van der Waals surface area contributed by atoms with E-state index < -0.39 is 0 Å². The molecule has 1 aromatic carbocycles. The van der Waals surface area contributed by atoms with Gasteiger partial charge in [0, 0.05) is 55.7 Å². The van der Waals surface area contributed by atoms with Crippen LogP contribution in [0.5, 0.6) is 5.75 Å². The molecule has 4 nitrogen and oxygen atoms in total. The highest BCUT2D eigenvalue weighted by Crippen LogP contribution is 2.25. The van der Waals surface area contributed by atoms with Crippen LogP contribution in [0.15, 0.2) is 22.7 Å². The molecule has 1 saturated heterocycles. The highest BCUT2D eigenvalue weighted by atomic mass is 79.9. The average molecular weight is 366 g/mol. The van der Waals surface area contributed by atoms with Gasteiger partial charge in [-0.2, -0.15) is 5.26 Å². The lowest BCUT2D eigenvalue weighted by Crippen LogP contribution is -2.46. The molecule has 0 amide bonds. The highest BCUT2D eigenvalue weighted by molar-refractivity contribution is 9.10. The predicted molar refractivity (Wildman–Crippen MR) is 91.9 cm³/mol. The summed E-state index contributed by atoms with van der Waals surface area (Å²) in [6.07, 6.45) is 1.65.